The number of anilines is 1. The van der Waals surface area contributed by atoms with Crippen molar-refractivity contribution >= 4 is 21.2 Å². The third kappa shape index (κ3) is 3.34. The number of benzene rings is 2. The van der Waals surface area contributed by atoms with Crippen LogP contribution in [-0.2, 0) is 15.6 Å². The molecule has 0 saturated carbocycles. The Labute approximate surface area is 120 Å². The number of rotatable bonds is 4. The molecule has 0 aliphatic heterocycles. The molecular formula is C13H11FN2O4S. The Hall–Kier alpha value is -2.48. The zero-order valence-electron chi connectivity index (χ0n) is 10.7. The van der Waals surface area contributed by atoms with Crippen LogP contribution in [0.5, 0.6) is 0 Å². The maximum atomic E-state index is 13.5. The molecule has 110 valence electrons. The normalized spacial score (nSPS) is 11.3. The third-order valence-electron chi connectivity index (χ3n) is 2.78. The summed E-state index contributed by atoms with van der Waals surface area (Å²) in [6, 6.07) is 8.74. The number of hydrogen-bond donors (Lipinski definition) is 1. The van der Waals surface area contributed by atoms with Crippen LogP contribution in [0.25, 0.3) is 0 Å². The Balaban J connectivity index is 2.33. The third-order valence-corrected chi connectivity index (χ3v) is 4.47. The quantitative estimate of drug-likeness (QED) is 0.530. The van der Waals surface area contributed by atoms with Gasteiger partial charge in [-0.3, -0.25) is 10.1 Å². The standard InChI is InChI=1S/C13H11FN2O4S/c14-12-6-9(4-5-13(12)16(17)18)8-21(19,20)11-3-1-2-10(15)7-11/h1-7H,8,15H2. The smallest absolute Gasteiger partial charge is 0.304 e. The van der Waals surface area contributed by atoms with E-state index in [4.69, 9.17) is 5.73 Å². The van der Waals surface area contributed by atoms with E-state index in [0.717, 1.165) is 12.1 Å². The molecule has 2 N–H and O–H groups in total. The van der Waals surface area contributed by atoms with E-state index in [9.17, 15) is 22.9 Å². The van der Waals surface area contributed by atoms with Crippen molar-refractivity contribution in [2.45, 2.75) is 10.6 Å². The lowest BCUT2D eigenvalue weighted by atomic mass is 10.2. The Morgan fingerprint density at radius 1 is 1.19 bits per heavy atom. The summed E-state index contributed by atoms with van der Waals surface area (Å²) in [4.78, 5) is 9.66. The van der Waals surface area contributed by atoms with Crippen LogP contribution < -0.4 is 5.73 Å². The predicted molar refractivity (Wildman–Crippen MR) is 74.8 cm³/mol. The summed E-state index contributed by atoms with van der Waals surface area (Å²) >= 11 is 0. The van der Waals surface area contributed by atoms with E-state index in [1.807, 2.05) is 0 Å². The molecule has 0 aromatic heterocycles. The molecule has 0 spiro atoms. The molecule has 8 heteroatoms. The zero-order chi connectivity index (χ0) is 15.6. The Morgan fingerprint density at radius 2 is 1.90 bits per heavy atom. The molecular weight excluding hydrogens is 299 g/mol. The van der Waals surface area contributed by atoms with Gasteiger partial charge in [-0.05, 0) is 29.8 Å². The molecule has 0 fully saturated rings. The first-order valence-corrected chi connectivity index (χ1v) is 7.46. The second-order valence-corrected chi connectivity index (χ2v) is 6.36. The fraction of sp³-hybridized carbons (Fsp3) is 0.0769. The van der Waals surface area contributed by atoms with E-state index in [-0.39, 0.29) is 10.5 Å². The maximum absolute atomic E-state index is 13.5. The lowest BCUT2D eigenvalue weighted by Gasteiger charge is -2.06. The largest absolute Gasteiger partial charge is 0.399 e. The van der Waals surface area contributed by atoms with Gasteiger partial charge in [-0.25, -0.2) is 8.42 Å². The second kappa shape index (κ2) is 5.49. The van der Waals surface area contributed by atoms with Crippen molar-refractivity contribution in [2.75, 3.05) is 5.73 Å². The molecule has 0 amide bonds. The van der Waals surface area contributed by atoms with Crippen LogP contribution >= 0.6 is 0 Å². The van der Waals surface area contributed by atoms with Gasteiger partial charge in [-0.1, -0.05) is 12.1 Å². The summed E-state index contributed by atoms with van der Waals surface area (Å²) in [5.41, 5.74) is 5.25. The van der Waals surface area contributed by atoms with E-state index in [0.29, 0.717) is 5.69 Å². The van der Waals surface area contributed by atoms with Crippen LogP contribution in [-0.4, -0.2) is 13.3 Å². The molecule has 0 heterocycles. The van der Waals surface area contributed by atoms with Crippen molar-refractivity contribution < 1.29 is 17.7 Å². The van der Waals surface area contributed by atoms with Crippen molar-refractivity contribution in [3.63, 3.8) is 0 Å². The van der Waals surface area contributed by atoms with Crippen molar-refractivity contribution in [2.24, 2.45) is 0 Å². The summed E-state index contributed by atoms with van der Waals surface area (Å²) in [6.45, 7) is 0. The number of nitrogens with two attached hydrogens (primary N) is 1. The van der Waals surface area contributed by atoms with E-state index in [2.05, 4.69) is 0 Å². The molecule has 0 aliphatic carbocycles. The van der Waals surface area contributed by atoms with Crippen molar-refractivity contribution in [1.82, 2.24) is 0 Å². The molecule has 0 saturated heterocycles. The van der Waals surface area contributed by atoms with E-state index < -0.39 is 32.0 Å². The number of nitro groups is 1. The van der Waals surface area contributed by atoms with Gasteiger partial charge in [0.15, 0.2) is 9.84 Å². The SMILES string of the molecule is Nc1cccc(S(=O)(=O)Cc2ccc([N+](=O)[O-])c(F)c2)c1. The topological polar surface area (TPSA) is 103 Å². The first-order valence-electron chi connectivity index (χ1n) is 5.81. The summed E-state index contributed by atoms with van der Waals surface area (Å²) < 4.78 is 37.8. The number of sulfone groups is 1. The van der Waals surface area contributed by atoms with Gasteiger partial charge in [0.2, 0.25) is 5.82 Å². The first-order chi connectivity index (χ1) is 9.79. The fourth-order valence-corrected chi connectivity index (χ4v) is 3.19. The minimum Gasteiger partial charge on any atom is -0.399 e. The minimum absolute atomic E-state index is 0.0151. The molecule has 0 aliphatic rings. The van der Waals surface area contributed by atoms with Gasteiger partial charge < -0.3 is 5.73 Å². The van der Waals surface area contributed by atoms with Crippen molar-refractivity contribution in [3.8, 4) is 0 Å². The maximum Gasteiger partial charge on any atom is 0.304 e. The molecule has 21 heavy (non-hydrogen) atoms. The number of nitrogen functional groups attached to an aromatic ring is 1. The Kier molecular flexibility index (Phi) is 3.90. The lowest BCUT2D eigenvalue weighted by molar-refractivity contribution is -0.387. The second-order valence-electron chi connectivity index (χ2n) is 4.37. The monoisotopic (exact) mass is 310 g/mol. The van der Waals surface area contributed by atoms with Gasteiger partial charge in [0.1, 0.15) is 0 Å². The van der Waals surface area contributed by atoms with Crippen molar-refractivity contribution in [3.05, 3.63) is 64.0 Å². The predicted octanol–water partition coefficient (Wildman–Crippen LogP) is 2.29. The van der Waals surface area contributed by atoms with Crippen LogP contribution in [0, 0.1) is 15.9 Å². The highest BCUT2D eigenvalue weighted by atomic mass is 32.2. The highest BCUT2D eigenvalue weighted by Crippen LogP contribution is 2.22. The Bertz CT molecular complexity index is 806. The molecule has 0 atom stereocenters. The molecule has 0 bridgehead atoms. The van der Waals surface area contributed by atoms with Crippen LogP contribution in [0.4, 0.5) is 15.8 Å². The molecule has 2 aromatic carbocycles. The average molecular weight is 310 g/mol. The van der Waals surface area contributed by atoms with E-state index in [1.165, 1.54) is 24.3 Å². The molecule has 2 aromatic rings. The van der Waals surface area contributed by atoms with Crippen LogP contribution in [0.3, 0.4) is 0 Å². The molecule has 0 unspecified atom stereocenters. The van der Waals surface area contributed by atoms with E-state index in [1.54, 1.807) is 6.07 Å². The summed E-state index contributed by atoms with van der Waals surface area (Å²) in [7, 11) is -3.70. The van der Waals surface area contributed by atoms with Crippen LogP contribution in [0.15, 0.2) is 47.4 Å². The highest BCUT2D eigenvalue weighted by Gasteiger charge is 2.19. The van der Waals surface area contributed by atoms with Gasteiger partial charge in [0.25, 0.3) is 0 Å². The Morgan fingerprint density at radius 3 is 2.48 bits per heavy atom. The zero-order valence-corrected chi connectivity index (χ0v) is 11.5. The van der Waals surface area contributed by atoms with Gasteiger partial charge >= 0.3 is 5.69 Å². The molecule has 2 rings (SSSR count). The summed E-state index contributed by atoms with van der Waals surface area (Å²) in [5, 5.41) is 10.5. The summed E-state index contributed by atoms with van der Waals surface area (Å²) in [6.07, 6.45) is 0. The molecule has 0 radical (unpaired) electrons. The average Bonchev–Trinajstić information content (AvgIpc) is 2.37. The number of nitrogens with zero attached hydrogens (tertiary/aromatic N) is 1. The van der Waals surface area contributed by atoms with Gasteiger partial charge in [-0.2, -0.15) is 4.39 Å². The van der Waals surface area contributed by atoms with E-state index >= 15 is 0 Å². The van der Waals surface area contributed by atoms with Crippen LogP contribution in [0.1, 0.15) is 5.56 Å². The molecule has 6 nitrogen and oxygen atoms in total. The fourth-order valence-electron chi connectivity index (χ4n) is 1.80. The lowest BCUT2D eigenvalue weighted by Crippen LogP contribution is -2.06. The van der Waals surface area contributed by atoms with Gasteiger partial charge in [0.05, 0.1) is 15.6 Å². The van der Waals surface area contributed by atoms with Crippen molar-refractivity contribution in [1.29, 1.82) is 0 Å². The highest BCUT2D eigenvalue weighted by molar-refractivity contribution is 7.90. The van der Waals surface area contributed by atoms with Crippen LogP contribution in [0.2, 0.25) is 0 Å². The number of hydrogen-bond acceptors (Lipinski definition) is 5. The summed E-state index contributed by atoms with van der Waals surface area (Å²) in [5.74, 6) is -1.54. The van der Waals surface area contributed by atoms with Gasteiger partial charge in [-0.15, -0.1) is 0 Å². The number of halogens is 1. The first kappa shape index (κ1) is 14.9. The minimum atomic E-state index is -3.70. The van der Waals surface area contributed by atoms with Gasteiger partial charge in [0, 0.05) is 11.8 Å². The number of nitro benzene ring substituents is 1.